The second-order valence-electron chi connectivity index (χ2n) is 7.58. The molecule has 25 heavy (non-hydrogen) atoms. The first-order chi connectivity index (χ1) is 12.0. The zero-order valence-electron chi connectivity index (χ0n) is 15.1. The molecule has 2 aromatic rings. The molecule has 2 aliphatic rings. The van der Waals surface area contributed by atoms with Crippen LogP contribution >= 0.6 is 11.3 Å². The van der Waals surface area contributed by atoms with Crippen LogP contribution in [0.4, 0.5) is 0 Å². The highest BCUT2D eigenvalue weighted by atomic mass is 32.1. The first-order valence-corrected chi connectivity index (χ1v) is 9.81. The smallest absolute Gasteiger partial charge is 0.289 e. The van der Waals surface area contributed by atoms with Crippen molar-refractivity contribution in [1.82, 2.24) is 14.8 Å². The number of rotatable bonds is 4. The van der Waals surface area contributed by atoms with Crippen molar-refractivity contribution in [2.45, 2.75) is 45.7 Å². The summed E-state index contributed by atoms with van der Waals surface area (Å²) in [7, 11) is 2.20. The molecule has 4 rings (SSSR count). The molecule has 1 saturated carbocycles. The number of piperidine rings is 1. The molecule has 0 N–H and O–H groups in total. The summed E-state index contributed by atoms with van der Waals surface area (Å²) in [5, 5.41) is 3.22. The highest BCUT2D eigenvalue weighted by Crippen LogP contribution is 2.56. The molecule has 1 aliphatic heterocycles. The number of aromatic nitrogens is 1. The van der Waals surface area contributed by atoms with Crippen molar-refractivity contribution in [3.63, 3.8) is 0 Å². The van der Waals surface area contributed by atoms with Crippen molar-refractivity contribution in [3.05, 3.63) is 39.7 Å². The zero-order valence-corrected chi connectivity index (χ0v) is 15.9. The molecule has 3 heterocycles. The van der Waals surface area contributed by atoms with Gasteiger partial charge in [0.25, 0.3) is 5.91 Å². The van der Waals surface area contributed by atoms with Gasteiger partial charge in [0.1, 0.15) is 10.8 Å². The predicted molar refractivity (Wildman–Crippen MR) is 97.7 cm³/mol. The van der Waals surface area contributed by atoms with E-state index in [4.69, 9.17) is 4.42 Å². The highest BCUT2D eigenvalue weighted by Gasteiger charge is 2.57. The number of amides is 1. The lowest BCUT2D eigenvalue weighted by Gasteiger charge is -2.33. The maximum atomic E-state index is 12.7. The van der Waals surface area contributed by atoms with E-state index in [1.165, 1.54) is 11.4 Å². The Morgan fingerprint density at radius 2 is 2.20 bits per heavy atom. The summed E-state index contributed by atoms with van der Waals surface area (Å²) >= 11 is 1.72. The van der Waals surface area contributed by atoms with Crippen molar-refractivity contribution < 1.29 is 9.21 Å². The lowest BCUT2D eigenvalue weighted by atomic mass is 9.92. The van der Waals surface area contributed by atoms with E-state index in [0.717, 1.165) is 43.8 Å². The number of furan rings is 1. The summed E-state index contributed by atoms with van der Waals surface area (Å²) in [4.78, 5) is 21.5. The van der Waals surface area contributed by atoms with Crippen molar-refractivity contribution in [2.75, 3.05) is 20.1 Å². The van der Waals surface area contributed by atoms with E-state index in [-0.39, 0.29) is 5.91 Å². The standard InChI is InChI=1S/C19H25N3O2S/c1-13-10-14(2)24-17(13)18(23)22-7-4-19(5-8-22)11-15(19)21(3)12-16-20-6-9-25-16/h6,9-10,15H,4-5,7-8,11-12H2,1-3H3/t15-/m0/s1. The summed E-state index contributed by atoms with van der Waals surface area (Å²) in [6, 6.07) is 2.56. The largest absolute Gasteiger partial charge is 0.456 e. The topological polar surface area (TPSA) is 49.6 Å². The van der Waals surface area contributed by atoms with Gasteiger partial charge < -0.3 is 9.32 Å². The van der Waals surface area contributed by atoms with Gasteiger partial charge in [-0.3, -0.25) is 9.69 Å². The Balaban J connectivity index is 1.34. The maximum Gasteiger partial charge on any atom is 0.289 e. The highest BCUT2D eigenvalue weighted by molar-refractivity contribution is 7.09. The minimum Gasteiger partial charge on any atom is -0.456 e. The number of likely N-dealkylation sites (tertiary alicyclic amines) is 1. The summed E-state index contributed by atoms with van der Waals surface area (Å²) in [6.45, 7) is 6.43. The van der Waals surface area contributed by atoms with Crippen LogP contribution in [0.5, 0.6) is 0 Å². The average molecular weight is 359 g/mol. The van der Waals surface area contributed by atoms with E-state index < -0.39 is 0 Å². The number of carbonyl (C=O) groups is 1. The van der Waals surface area contributed by atoms with E-state index in [1.54, 1.807) is 11.3 Å². The molecule has 1 amide bonds. The Bertz CT molecular complexity index is 760. The van der Waals surface area contributed by atoms with E-state index in [1.807, 2.05) is 36.4 Å². The number of hydrogen-bond acceptors (Lipinski definition) is 5. The number of thiazole rings is 1. The number of hydrogen-bond donors (Lipinski definition) is 0. The Labute approximate surface area is 152 Å². The van der Waals surface area contributed by atoms with Crippen LogP contribution in [0.1, 0.15) is 46.1 Å². The van der Waals surface area contributed by atoms with Gasteiger partial charge >= 0.3 is 0 Å². The second-order valence-corrected chi connectivity index (χ2v) is 8.56. The first-order valence-electron chi connectivity index (χ1n) is 8.93. The molecule has 1 aliphatic carbocycles. The van der Waals surface area contributed by atoms with Crippen LogP contribution in [0.2, 0.25) is 0 Å². The molecular weight excluding hydrogens is 334 g/mol. The Morgan fingerprint density at radius 1 is 1.44 bits per heavy atom. The lowest BCUT2D eigenvalue weighted by molar-refractivity contribution is 0.0624. The third-order valence-electron chi connectivity index (χ3n) is 5.83. The third kappa shape index (κ3) is 3.13. The second kappa shape index (κ2) is 6.25. The van der Waals surface area contributed by atoms with Gasteiger partial charge in [-0.05, 0) is 51.6 Å². The summed E-state index contributed by atoms with van der Waals surface area (Å²) < 4.78 is 5.61. The lowest BCUT2D eigenvalue weighted by Crippen LogP contribution is -2.41. The number of aryl methyl sites for hydroxylation is 2. The molecular formula is C19H25N3O2S. The van der Waals surface area contributed by atoms with Gasteiger partial charge in [-0.25, -0.2) is 4.98 Å². The molecule has 0 bridgehead atoms. The molecule has 2 aromatic heterocycles. The van der Waals surface area contributed by atoms with Gasteiger partial charge in [-0.2, -0.15) is 0 Å². The fourth-order valence-corrected chi connectivity index (χ4v) is 4.97. The van der Waals surface area contributed by atoms with Crippen molar-refractivity contribution >= 4 is 17.2 Å². The van der Waals surface area contributed by atoms with Gasteiger partial charge in [0.2, 0.25) is 0 Å². The maximum absolute atomic E-state index is 12.7. The van der Waals surface area contributed by atoms with Crippen LogP contribution < -0.4 is 0 Å². The number of carbonyl (C=O) groups excluding carboxylic acids is 1. The molecule has 5 nitrogen and oxygen atoms in total. The van der Waals surface area contributed by atoms with Gasteiger partial charge in [-0.1, -0.05) is 0 Å². The molecule has 1 spiro atoms. The van der Waals surface area contributed by atoms with Gasteiger partial charge in [0, 0.05) is 36.3 Å². The van der Waals surface area contributed by atoms with Gasteiger partial charge in [0.05, 0.1) is 6.54 Å². The van der Waals surface area contributed by atoms with E-state index >= 15 is 0 Å². The zero-order chi connectivity index (χ0) is 17.6. The Kier molecular flexibility index (Phi) is 4.20. The van der Waals surface area contributed by atoms with Gasteiger partial charge in [0.15, 0.2) is 5.76 Å². The molecule has 1 saturated heterocycles. The van der Waals surface area contributed by atoms with Gasteiger partial charge in [-0.15, -0.1) is 11.3 Å². The van der Waals surface area contributed by atoms with E-state index in [2.05, 4.69) is 16.9 Å². The number of nitrogens with zero attached hydrogens (tertiary/aromatic N) is 3. The third-order valence-corrected chi connectivity index (χ3v) is 6.59. The van der Waals surface area contributed by atoms with Crippen LogP contribution in [0.25, 0.3) is 0 Å². The summed E-state index contributed by atoms with van der Waals surface area (Å²) in [5.41, 5.74) is 1.34. The summed E-state index contributed by atoms with van der Waals surface area (Å²) in [5.74, 6) is 1.37. The Hall–Kier alpha value is -1.66. The fraction of sp³-hybridized carbons (Fsp3) is 0.579. The average Bonchev–Trinajstić information content (AvgIpc) is 2.92. The summed E-state index contributed by atoms with van der Waals surface area (Å²) in [6.07, 6.45) is 5.30. The SMILES string of the molecule is Cc1cc(C)c(C(=O)N2CCC3(CC2)C[C@@H]3N(C)Cc2nccs2)o1. The molecule has 0 aromatic carbocycles. The minimum atomic E-state index is 0.0498. The normalized spacial score (nSPS) is 21.9. The van der Waals surface area contributed by atoms with E-state index in [9.17, 15) is 4.79 Å². The van der Waals surface area contributed by atoms with Crippen LogP contribution in [0, 0.1) is 19.3 Å². The quantitative estimate of drug-likeness (QED) is 0.839. The van der Waals surface area contributed by atoms with Crippen molar-refractivity contribution in [1.29, 1.82) is 0 Å². The van der Waals surface area contributed by atoms with Crippen LogP contribution in [-0.4, -0.2) is 46.9 Å². The molecule has 0 radical (unpaired) electrons. The van der Waals surface area contributed by atoms with Crippen LogP contribution in [0.3, 0.4) is 0 Å². The molecule has 134 valence electrons. The molecule has 1 atom stereocenters. The fourth-order valence-electron chi connectivity index (χ4n) is 4.29. The molecule has 6 heteroatoms. The van der Waals surface area contributed by atoms with Crippen LogP contribution in [-0.2, 0) is 6.54 Å². The molecule has 2 fully saturated rings. The predicted octanol–water partition coefficient (Wildman–Crippen LogP) is 3.48. The Morgan fingerprint density at radius 3 is 2.80 bits per heavy atom. The first kappa shape index (κ1) is 16.8. The van der Waals surface area contributed by atoms with Crippen molar-refractivity contribution in [2.24, 2.45) is 5.41 Å². The van der Waals surface area contributed by atoms with E-state index in [0.29, 0.717) is 17.2 Å². The van der Waals surface area contributed by atoms with Crippen LogP contribution in [0.15, 0.2) is 22.1 Å². The van der Waals surface area contributed by atoms with Crippen molar-refractivity contribution in [3.8, 4) is 0 Å². The monoisotopic (exact) mass is 359 g/mol. The minimum absolute atomic E-state index is 0.0498. The molecule has 0 unspecified atom stereocenters.